The van der Waals surface area contributed by atoms with Crippen LogP contribution in [0.3, 0.4) is 0 Å². The minimum Gasteiger partial charge on any atom is -0.346 e. The van der Waals surface area contributed by atoms with Gasteiger partial charge >= 0.3 is 0 Å². The van der Waals surface area contributed by atoms with E-state index in [1.807, 2.05) is 13.1 Å². The summed E-state index contributed by atoms with van der Waals surface area (Å²) in [5, 5.41) is 5.99. The molecule has 3 N–H and O–H groups in total. The Morgan fingerprint density at radius 1 is 1.32 bits per heavy atom. The summed E-state index contributed by atoms with van der Waals surface area (Å²) in [7, 11) is -3.89. The molecule has 0 spiro atoms. The molecule has 2 heterocycles. The summed E-state index contributed by atoms with van der Waals surface area (Å²) < 4.78 is 36.9. The van der Waals surface area contributed by atoms with E-state index >= 15 is 0 Å². The highest BCUT2D eigenvalue weighted by Gasteiger charge is 2.14. The molecule has 3 aromatic rings. The van der Waals surface area contributed by atoms with E-state index in [4.69, 9.17) is 5.14 Å². The Morgan fingerprint density at radius 3 is 2.77 bits per heavy atom. The van der Waals surface area contributed by atoms with Gasteiger partial charge in [-0.2, -0.15) is 0 Å². The van der Waals surface area contributed by atoms with Gasteiger partial charge in [-0.15, -0.1) is 0 Å². The highest BCUT2D eigenvalue weighted by molar-refractivity contribution is 7.89. The largest absolute Gasteiger partial charge is 0.346 e. The van der Waals surface area contributed by atoms with Crippen LogP contribution in [0.2, 0.25) is 0 Å². The number of nitrogens with two attached hydrogens (primary N) is 1. The lowest BCUT2D eigenvalue weighted by molar-refractivity contribution is 0.596. The molecule has 0 bridgehead atoms. The van der Waals surface area contributed by atoms with Gasteiger partial charge in [0.05, 0.1) is 4.90 Å². The molecular formula is C15H14FN3O2S. The molecule has 0 radical (unpaired) electrons. The first-order valence-corrected chi connectivity index (χ1v) is 8.23. The third kappa shape index (κ3) is 2.49. The van der Waals surface area contributed by atoms with Gasteiger partial charge in [-0.25, -0.2) is 22.9 Å². The van der Waals surface area contributed by atoms with E-state index in [0.717, 1.165) is 29.5 Å². The van der Waals surface area contributed by atoms with Crippen molar-refractivity contribution >= 4 is 21.1 Å². The van der Waals surface area contributed by atoms with Gasteiger partial charge in [0, 0.05) is 28.9 Å². The quantitative estimate of drug-likeness (QED) is 0.777. The van der Waals surface area contributed by atoms with E-state index in [1.165, 1.54) is 12.3 Å². The van der Waals surface area contributed by atoms with Crippen molar-refractivity contribution in [3.05, 3.63) is 48.0 Å². The van der Waals surface area contributed by atoms with E-state index in [2.05, 4.69) is 9.97 Å². The van der Waals surface area contributed by atoms with Crippen molar-refractivity contribution < 1.29 is 12.8 Å². The standard InChI is InChI=1S/C15H14FN3O2S/c1-2-9-7-18-15-13(9)5-10(8-19-15)12-6-11(22(17,20)21)3-4-14(12)16/h3-8H,2H2,1H3,(H,18,19)(H2,17,20,21). The predicted octanol–water partition coefficient (Wildman–Crippen LogP) is 2.58. The van der Waals surface area contributed by atoms with Crippen LogP contribution in [0, 0.1) is 5.82 Å². The monoisotopic (exact) mass is 319 g/mol. The number of benzene rings is 1. The first kappa shape index (κ1) is 14.7. The smallest absolute Gasteiger partial charge is 0.238 e. The van der Waals surface area contributed by atoms with Crippen LogP contribution in [0.15, 0.2) is 41.6 Å². The molecule has 0 aliphatic heterocycles. The number of halogens is 1. The van der Waals surface area contributed by atoms with Crippen LogP contribution in [0.25, 0.3) is 22.2 Å². The Bertz CT molecular complexity index is 964. The van der Waals surface area contributed by atoms with Gasteiger partial charge in [0.15, 0.2) is 0 Å². The second kappa shape index (κ2) is 5.19. The zero-order valence-corrected chi connectivity index (χ0v) is 12.6. The Hall–Kier alpha value is -2.25. The third-order valence-corrected chi connectivity index (χ3v) is 4.49. The number of nitrogens with one attached hydrogen (secondary N) is 1. The summed E-state index contributed by atoms with van der Waals surface area (Å²) in [5.74, 6) is -0.526. The van der Waals surface area contributed by atoms with Gasteiger partial charge in [-0.05, 0) is 36.2 Å². The van der Waals surface area contributed by atoms with E-state index in [1.54, 1.807) is 6.07 Å². The SMILES string of the molecule is CCc1c[nH]c2ncc(-c3cc(S(N)(=O)=O)ccc3F)cc12. The molecule has 0 amide bonds. The Kier molecular flexibility index (Phi) is 3.46. The van der Waals surface area contributed by atoms with Crippen LogP contribution in [-0.4, -0.2) is 18.4 Å². The Balaban J connectivity index is 2.22. The molecule has 3 rings (SSSR count). The second-order valence-electron chi connectivity index (χ2n) is 4.97. The van der Waals surface area contributed by atoms with Crippen LogP contribution in [-0.2, 0) is 16.4 Å². The van der Waals surface area contributed by atoms with Crippen LogP contribution in [0.1, 0.15) is 12.5 Å². The maximum absolute atomic E-state index is 14.1. The van der Waals surface area contributed by atoms with Crippen LogP contribution in [0.5, 0.6) is 0 Å². The number of rotatable bonds is 3. The molecule has 0 fully saturated rings. The predicted molar refractivity (Wildman–Crippen MR) is 82.2 cm³/mol. The summed E-state index contributed by atoms with van der Waals surface area (Å²) in [6.45, 7) is 2.01. The highest BCUT2D eigenvalue weighted by Crippen LogP contribution is 2.28. The molecular weight excluding hydrogens is 305 g/mol. The van der Waals surface area contributed by atoms with Gasteiger partial charge in [0.1, 0.15) is 11.5 Å². The highest BCUT2D eigenvalue weighted by atomic mass is 32.2. The number of hydrogen-bond acceptors (Lipinski definition) is 3. The number of nitrogens with zero attached hydrogens (tertiary/aromatic N) is 1. The number of H-pyrrole nitrogens is 1. The van der Waals surface area contributed by atoms with E-state index < -0.39 is 15.8 Å². The summed E-state index contributed by atoms with van der Waals surface area (Å²) in [4.78, 5) is 7.17. The molecule has 0 aliphatic rings. The topological polar surface area (TPSA) is 88.8 Å². The van der Waals surface area contributed by atoms with Gasteiger partial charge in [0.25, 0.3) is 0 Å². The summed E-state index contributed by atoms with van der Waals surface area (Å²) in [6.07, 6.45) is 4.17. The number of aromatic amines is 1. The molecule has 5 nitrogen and oxygen atoms in total. The molecule has 0 atom stereocenters. The van der Waals surface area contributed by atoms with E-state index in [9.17, 15) is 12.8 Å². The van der Waals surface area contributed by atoms with Crippen molar-refractivity contribution in [3.8, 4) is 11.1 Å². The van der Waals surface area contributed by atoms with Crippen molar-refractivity contribution in [1.82, 2.24) is 9.97 Å². The molecule has 0 unspecified atom stereocenters. The molecule has 2 aromatic heterocycles. The lowest BCUT2D eigenvalue weighted by atomic mass is 10.0. The van der Waals surface area contributed by atoms with Crippen molar-refractivity contribution in [2.75, 3.05) is 0 Å². The van der Waals surface area contributed by atoms with E-state index in [0.29, 0.717) is 11.2 Å². The lowest BCUT2D eigenvalue weighted by Crippen LogP contribution is -2.12. The molecule has 1 aromatic carbocycles. The minimum atomic E-state index is -3.89. The fourth-order valence-electron chi connectivity index (χ4n) is 2.40. The Morgan fingerprint density at radius 2 is 2.09 bits per heavy atom. The Labute approximate surface area is 127 Å². The number of aryl methyl sites for hydroxylation is 1. The average molecular weight is 319 g/mol. The van der Waals surface area contributed by atoms with Gasteiger partial charge in [-0.3, -0.25) is 0 Å². The van der Waals surface area contributed by atoms with Crippen molar-refractivity contribution in [1.29, 1.82) is 0 Å². The summed E-state index contributed by atoms with van der Waals surface area (Å²) in [6, 6.07) is 5.26. The first-order chi connectivity index (χ1) is 10.4. The number of sulfonamides is 1. The number of primary sulfonamides is 1. The third-order valence-electron chi connectivity index (χ3n) is 3.58. The van der Waals surface area contributed by atoms with Crippen LogP contribution in [0.4, 0.5) is 4.39 Å². The lowest BCUT2D eigenvalue weighted by Gasteiger charge is -2.06. The summed E-state index contributed by atoms with van der Waals surface area (Å²) in [5.41, 5.74) is 2.44. The number of pyridine rings is 1. The van der Waals surface area contributed by atoms with Crippen LogP contribution < -0.4 is 5.14 Å². The van der Waals surface area contributed by atoms with Gasteiger partial charge < -0.3 is 4.98 Å². The fraction of sp³-hybridized carbons (Fsp3) is 0.133. The first-order valence-electron chi connectivity index (χ1n) is 6.69. The molecule has 114 valence electrons. The molecule has 22 heavy (non-hydrogen) atoms. The van der Waals surface area contributed by atoms with Crippen molar-refractivity contribution in [2.24, 2.45) is 5.14 Å². The second-order valence-corrected chi connectivity index (χ2v) is 6.54. The zero-order chi connectivity index (χ0) is 15.9. The van der Waals surface area contributed by atoms with Gasteiger partial charge in [0.2, 0.25) is 10.0 Å². The van der Waals surface area contributed by atoms with Crippen LogP contribution >= 0.6 is 0 Å². The number of hydrogen-bond donors (Lipinski definition) is 2. The molecule has 0 saturated heterocycles. The normalized spacial score (nSPS) is 12.0. The molecule has 0 aliphatic carbocycles. The van der Waals surface area contributed by atoms with Crippen molar-refractivity contribution in [2.45, 2.75) is 18.2 Å². The molecule has 0 saturated carbocycles. The zero-order valence-electron chi connectivity index (χ0n) is 11.8. The average Bonchev–Trinajstić information content (AvgIpc) is 2.88. The van der Waals surface area contributed by atoms with Crippen molar-refractivity contribution in [3.63, 3.8) is 0 Å². The van der Waals surface area contributed by atoms with Gasteiger partial charge in [-0.1, -0.05) is 6.92 Å². The maximum Gasteiger partial charge on any atom is 0.238 e. The number of aromatic nitrogens is 2. The fourth-order valence-corrected chi connectivity index (χ4v) is 2.94. The van der Waals surface area contributed by atoms with E-state index in [-0.39, 0.29) is 10.5 Å². The number of fused-ring (bicyclic) bond motifs is 1. The summed E-state index contributed by atoms with van der Waals surface area (Å²) >= 11 is 0. The minimum absolute atomic E-state index is 0.131. The molecule has 7 heteroatoms. The maximum atomic E-state index is 14.1.